The molecule has 2 atom stereocenters. The fourth-order valence-electron chi connectivity index (χ4n) is 4.28. The molecule has 156 valence electrons. The fraction of sp³-hybridized carbons (Fsp3) is 0.591. The molecule has 1 aromatic heterocycles. The highest BCUT2D eigenvalue weighted by atomic mass is 32.2. The Morgan fingerprint density at radius 2 is 1.76 bits per heavy atom. The van der Waals surface area contributed by atoms with Crippen LogP contribution in [0.3, 0.4) is 0 Å². The zero-order valence-electron chi connectivity index (χ0n) is 17.3. The number of benzene rings is 1. The molecular formula is C22H30N4O2S. The smallest absolute Gasteiger partial charge is 0.230 e. The first kappa shape index (κ1) is 20.4. The van der Waals surface area contributed by atoms with E-state index in [9.17, 15) is 4.79 Å². The molecule has 0 radical (unpaired) electrons. The highest BCUT2D eigenvalue weighted by Gasteiger charge is 2.26. The molecule has 1 saturated carbocycles. The van der Waals surface area contributed by atoms with E-state index in [1.165, 1.54) is 31.0 Å². The third kappa shape index (κ3) is 5.20. The molecule has 2 aliphatic rings. The summed E-state index contributed by atoms with van der Waals surface area (Å²) in [6, 6.07) is 8.25. The van der Waals surface area contributed by atoms with Crippen LogP contribution in [0.2, 0.25) is 0 Å². The maximum Gasteiger partial charge on any atom is 0.230 e. The normalized spacial score (nSPS) is 23.3. The quantitative estimate of drug-likeness (QED) is 0.751. The number of para-hydroxylation sites is 2. The molecule has 4 rings (SSSR count). The fourth-order valence-corrected chi connectivity index (χ4v) is 5.10. The molecule has 0 bridgehead atoms. The van der Waals surface area contributed by atoms with E-state index in [1.807, 2.05) is 24.3 Å². The molecule has 6 nitrogen and oxygen atoms in total. The van der Waals surface area contributed by atoms with Crippen LogP contribution in [-0.4, -0.2) is 53.0 Å². The van der Waals surface area contributed by atoms with Crippen LogP contribution in [0.15, 0.2) is 29.3 Å². The van der Waals surface area contributed by atoms with Gasteiger partial charge in [-0.05, 0) is 38.8 Å². The topological polar surface area (TPSA) is 67.4 Å². The monoisotopic (exact) mass is 414 g/mol. The summed E-state index contributed by atoms with van der Waals surface area (Å²) in [4.78, 5) is 24.5. The summed E-state index contributed by atoms with van der Waals surface area (Å²) in [5.41, 5.74) is 1.74. The van der Waals surface area contributed by atoms with Crippen LogP contribution in [0.1, 0.15) is 46.0 Å². The molecule has 2 fully saturated rings. The minimum Gasteiger partial charge on any atom is -0.372 e. The molecule has 0 unspecified atom stereocenters. The Balaban J connectivity index is 1.52. The van der Waals surface area contributed by atoms with Crippen molar-refractivity contribution in [3.8, 4) is 0 Å². The average Bonchev–Trinajstić information content (AvgIpc) is 2.71. The van der Waals surface area contributed by atoms with Crippen molar-refractivity contribution in [3.05, 3.63) is 24.3 Å². The highest BCUT2D eigenvalue weighted by molar-refractivity contribution is 8.00. The SMILES string of the molecule is C[C@H]1CN(c2nc3ccccc3nc2SCC(=O)NC2CCCCC2)C[C@H](C)O1. The number of anilines is 1. The predicted molar refractivity (Wildman–Crippen MR) is 117 cm³/mol. The molecule has 1 amide bonds. The summed E-state index contributed by atoms with van der Waals surface area (Å²) in [7, 11) is 0. The number of thioether (sulfide) groups is 1. The number of rotatable bonds is 5. The second-order valence-corrected chi connectivity index (χ2v) is 9.16. The van der Waals surface area contributed by atoms with E-state index in [2.05, 4.69) is 24.1 Å². The lowest BCUT2D eigenvalue weighted by Gasteiger charge is -2.36. The standard InChI is InChI=1S/C22H30N4O2S/c1-15-12-26(13-16(2)28-15)21-22(25-19-11-7-6-10-18(19)24-21)29-14-20(27)23-17-8-4-3-5-9-17/h6-7,10-11,15-17H,3-5,8-9,12-14H2,1-2H3,(H,23,27)/t15-,16-/m0/s1. The van der Waals surface area contributed by atoms with Crippen molar-refractivity contribution < 1.29 is 9.53 Å². The van der Waals surface area contributed by atoms with Gasteiger partial charge in [-0.25, -0.2) is 9.97 Å². The number of aromatic nitrogens is 2. The van der Waals surface area contributed by atoms with Crippen molar-refractivity contribution in [2.45, 2.75) is 69.2 Å². The summed E-state index contributed by atoms with van der Waals surface area (Å²) >= 11 is 1.49. The second kappa shape index (κ2) is 9.30. The number of nitrogens with one attached hydrogen (secondary N) is 1. The van der Waals surface area contributed by atoms with E-state index in [0.717, 1.165) is 47.8 Å². The van der Waals surface area contributed by atoms with Crippen molar-refractivity contribution in [3.63, 3.8) is 0 Å². The maximum atomic E-state index is 12.5. The molecule has 2 aromatic rings. The molecule has 1 aliphatic heterocycles. The Morgan fingerprint density at radius 1 is 1.10 bits per heavy atom. The number of carbonyl (C=O) groups is 1. The predicted octanol–water partition coefficient (Wildman–Crippen LogP) is 3.78. The summed E-state index contributed by atoms with van der Waals surface area (Å²) in [5, 5.41) is 4.02. The van der Waals surface area contributed by atoms with Crippen molar-refractivity contribution in [2.75, 3.05) is 23.7 Å². The van der Waals surface area contributed by atoms with E-state index in [4.69, 9.17) is 14.7 Å². The molecule has 1 N–H and O–H groups in total. The Labute approximate surface area is 176 Å². The van der Waals surface area contributed by atoms with Crippen molar-refractivity contribution in [2.24, 2.45) is 0 Å². The third-order valence-electron chi connectivity index (χ3n) is 5.55. The van der Waals surface area contributed by atoms with E-state index >= 15 is 0 Å². The number of morpholine rings is 1. The van der Waals surface area contributed by atoms with Gasteiger partial charge < -0.3 is 15.0 Å². The number of carbonyl (C=O) groups excluding carboxylic acids is 1. The third-order valence-corrected chi connectivity index (χ3v) is 6.50. The molecule has 29 heavy (non-hydrogen) atoms. The van der Waals surface area contributed by atoms with Crippen LogP contribution in [0, 0.1) is 0 Å². The van der Waals surface area contributed by atoms with Crippen molar-refractivity contribution in [1.82, 2.24) is 15.3 Å². The first-order chi connectivity index (χ1) is 14.1. The van der Waals surface area contributed by atoms with Gasteiger partial charge in [0.15, 0.2) is 5.82 Å². The van der Waals surface area contributed by atoms with Gasteiger partial charge in [0.05, 0.1) is 29.0 Å². The highest BCUT2D eigenvalue weighted by Crippen LogP contribution is 2.31. The zero-order valence-corrected chi connectivity index (χ0v) is 18.1. The Bertz CT molecular complexity index is 846. The van der Waals surface area contributed by atoms with Crippen LogP contribution < -0.4 is 10.2 Å². The van der Waals surface area contributed by atoms with Crippen LogP contribution >= 0.6 is 11.8 Å². The lowest BCUT2D eigenvalue weighted by Crippen LogP contribution is -2.46. The Hall–Kier alpha value is -1.86. The summed E-state index contributed by atoms with van der Waals surface area (Å²) < 4.78 is 5.89. The van der Waals surface area contributed by atoms with E-state index in [0.29, 0.717) is 11.8 Å². The molecule has 1 aliphatic carbocycles. The number of nitrogens with zero attached hydrogens (tertiary/aromatic N) is 3. The number of hydrogen-bond acceptors (Lipinski definition) is 6. The summed E-state index contributed by atoms with van der Waals surface area (Å²) in [6.07, 6.45) is 6.19. The summed E-state index contributed by atoms with van der Waals surface area (Å²) in [5.74, 6) is 1.32. The van der Waals surface area contributed by atoms with Gasteiger partial charge in [0, 0.05) is 19.1 Å². The molecule has 0 spiro atoms. The van der Waals surface area contributed by atoms with E-state index < -0.39 is 0 Å². The largest absolute Gasteiger partial charge is 0.372 e. The molecular weight excluding hydrogens is 384 g/mol. The second-order valence-electron chi connectivity index (χ2n) is 8.19. The number of hydrogen-bond donors (Lipinski definition) is 1. The van der Waals surface area contributed by atoms with Crippen LogP contribution in [0.5, 0.6) is 0 Å². The van der Waals surface area contributed by atoms with E-state index in [-0.39, 0.29) is 18.1 Å². The number of fused-ring (bicyclic) bond motifs is 1. The van der Waals surface area contributed by atoms with Gasteiger partial charge in [-0.2, -0.15) is 0 Å². The van der Waals surface area contributed by atoms with Gasteiger partial charge in [0.1, 0.15) is 5.03 Å². The Kier molecular flexibility index (Phi) is 6.55. The Morgan fingerprint density at radius 3 is 2.45 bits per heavy atom. The maximum absolute atomic E-state index is 12.5. The molecule has 1 saturated heterocycles. The molecule has 2 heterocycles. The minimum atomic E-state index is 0.0894. The van der Waals surface area contributed by atoms with Crippen molar-refractivity contribution in [1.29, 1.82) is 0 Å². The van der Waals surface area contributed by atoms with E-state index in [1.54, 1.807) is 0 Å². The minimum absolute atomic E-state index is 0.0894. The first-order valence-corrected chi connectivity index (χ1v) is 11.7. The van der Waals surface area contributed by atoms with Gasteiger partial charge in [0.2, 0.25) is 5.91 Å². The van der Waals surface area contributed by atoms with Crippen molar-refractivity contribution >= 4 is 34.5 Å². The van der Waals surface area contributed by atoms with Crippen LogP contribution in [0.25, 0.3) is 11.0 Å². The van der Waals surface area contributed by atoms with Gasteiger partial charge in [-0.3, -0.25) is 4.79 Å². The lowest BCUT2D eigenvalue weighted by atomic mass is 9.95. The van der Waals surface area contributed by atoms with Crippen LogP contribution in [-0.2, 0) is 9.53 Å². The zero-order chi connectivity index (χ0) is 20.2. The average molecular weight is 415 g/mol. The van der Waals surface area contributed by atoms with Gasteiger partial charge in [-0.15, -0.1) is 0 Å². The summed E-state index contributed by atoms with van der Waals surface area (Å²) in [6.45, 7) is 5.72. The number of amides is 1. The van der Waals surface area contributed by atoms with Gasteiger partial charge >= 0.3 is 0 Å². The van der Waals surface area contributed by atoms with Gasteiger partial charge in [0.25, 0.3) is 0 Å². The van der Waals surface area contributed by atoms with Gasteiger partial charge in [-0.1, -0.05) is 43.2 Å². The molecule has 7 heteroatoms. The van der Waals surface area contributed by atoms with Crippen LogP contribution in [0.4, 0.5) is 5.82 Å². The lowest BCUT2D eigenvalue weighted by molar-refractivity contribution is -0.119. The number of ether oxygens (including phenoxy) is 1. The first-order valence-electron chi connectivity index (χ1n) is 10.7. The molecule has 1 aromatic carbocycles.